The van der Waals surface area contributed by atoms with Gasteiger partial charge >= 0.3 is 6.03 Å². The maximum atomic E-state index is 11.4. The normalized spacial score (nSPS) is 12.1. The summed E-state index contributed by atoms with van der Waals surface area (Å²) < 4.78 is 5.00. The van der Waals surface area contributed by atoms with E-state index < -0.39 is 12.1 Å². The maximum Gasteiger partial charge on any atom is 0.321 e. The lowest BCUT2D eigenvalue weighted by molar-refractivity contribution is 0.149. The number of furan rings is 1. The molecule has 17 heavy (non-hydrogen) atoms. The van der Waals surface area contributed by atoms with E-state index in [0.29, 0.717) is 10.9 Å². The molecule has 2 aromatic rings. The number of nitrogens with one attached hydrogen (secondary N) is 2. The summed E-state index contributed by atoms with van der Waals surface area (Å²) in [6, 6.07) is 2.91. The van der Waals surface area contributed by atoms with Gasteiger partial charge in [0.1, 0.15) is 11.9 Å². The topological polar surface area (TPSA) is 87.4 Å². The first kappa shape index (κ1) is 11.6. The molecule has 0 aromatic carbocycles. The number of carbonyl (C=O) groups is 1. The van der Waals surface area contributed by atoms with E-state index in [1.54, 1.807) is 23.7 Å². The van der Waals surface area contributed by atoms with Crippen molar-refractivity contribution in [3.8, 4) is 0 Å². The Morgan fingerprint density at radius 1 is 1.65 bits per heavy atom. The fourth-order valence-corrected chi connectivity index (χ4v) is 1.72. The zero-order chi connectivity index (χ0) is 12.1. The smallest absolute Gasteiger partial charge is 0.321 e. The number of urea groups is 1. The van der Waals surface area contributed by atoms with Crippen molar-refractivity contribution in [2.24, 2.45) is 0 Å². The van der Waals surface area contributed by atoms with Crippen LogP contribution in [0.25, 0.3) is 0 Å². The summed E-state index contributed by atoms with van der Waals surface area (Å²) >= 11 is 1.32. The van der Waals surface area contributed by atoms with Crippen molar-refractivity contribution >= 4 is 22.5 Å². The summed E-state index contributed by atoms with van der Waals surface area (Å²) in [7, 11) is 0. The molecule has 1 unspecified atom stereocenters. The Balaban J connectivity index is 1.76. The van der Waals surface area contributed by atoms with Crippen LogP contribution in [0.5, 0.6) is 0 Å². The zero-order valence-corrected chi connectivity index (χ0v) is 9.61. The number of amides is 2. The number of hydrogen-bond donors (Lipinski definition) is 3. The molecule has 0 bridgehead atoms. The van der Waals surface area contributed by atoms with Crippen molar-refractivity contribution in [3.63, 3.8) is 0 Å². The summed E-state index contributed by atoms with van der Waals surface area (Å²) in [5.74, 6) is 0.416. The van der Waals surface area contributed by atoms with E-state index in [2.05, 4.69) is 15.6 Å². The van der Waals surface area contributed by atoms with Gasteiger partial charge in [0, 0.05) is 11.6 Å². The molecule has 2 heterocycles. The fraction of sp³-hybridized carbons (Fsp3) is 0.200. The number of rotatable bonds is 4. The van der Waals surface area contributed by atoms with Crippen LogP contribution in [0.4, 0.5) is 9.93 Å². The van der Waals surface area contributed by atoms with Crippen LogP contribution in [-0.4, -0.2) is 22.7 Å². The molecule has 0 saturated heterocycles. The highest BCUT2D eigenvalue weighted by Gasteiger charge is 2.12. The molecule has 0 saturated carbocycles. The molecule has 2 aromatic heterocycles. The predicted octanol–water partition coefficient (Wildman–Crippen LogP) is 1.59. The lowest BCUT2D eigenvalue weighted by Gasteiger charge is -2.09. The molecule has 6 nitrogen and oxygen atoms in total. The van der Waals surface area contributed by atoms with Crippen LogP contribution in [0.15, 0.2) is 34.4 Å². The van der Waals surface area contributed by atoms with Gasteiger partial charge in [0.25, 0.3) is 0 Å². The van der Waals surface area contributed by atoms with Crippen LogP contribution in [0.2, 0.25) is 0 Å². The number of anilines is 1. The molecular weight excluding hydrogens is 242 g/mol. The quantitative estimate of drug-likeness (QED) is 0.772. The first-order valence-electron chi connectivity index (χ1n) is 4.91. The minimum Gasteiger partial charge on any atom is -0.467 e. The van der Waals surface area contributed by atoms with Gasteiger partial charge in [0.05, 0.1) is 12.8 Å². The molecule has 0 spiro atoms. The lowest BCUT2D eigenvalue weighted by Crippen LogP contribution is -2.32. The van der Waals surface area contributed by atoms with Crippen LogP contribution >= 0.6 is 11.3 Å². The van der Waals surface area contributed by atoms with Gasteiger partial charge < -0.3 is 14.8 Å². The number of carbonyl (C=O) groups excluding carboxylic acids is 1. The van der Waals surface area contributed by atoms with Gasteiger partial charge in [-0.15, -0.1) is 11.3 Å². The first-order chi connectivity index (χ1) is 8.25. The Morgan fingerprint density at radius 2 is 2.53 bits per heavy atom. The molecule has 0 aliphatic rings. The van der Waals surface area contributed by atoms with Crippen LogP contribution in [0, 0.1) is 0 Å². The largest absolute Gasteiger partial charge is 0.467 e. The van der Waals surface area contributed by atoms with E-state index in [4.69, 9.17) is 4.42 Å². The Bertz CT molecular complexity index is 455. The molecule has 2 amide bonds. The standard InChI is InChI=1S/C10H11N3O3S/c14-7(8-2-1-4-16-8)6-12-9(15)13-10-11-3-5-17-10/h1-5,7,14H,6H2,(H2,11,12,13,15). The van der Waals surface area contributed by atoms with Gasteiger partial charge in [-0.1, -0.05) is 0 Å². The molecule has 2 rings (SSSR count). The highest BCUT2D eigenvalue weighted by Crippen LogP contribution is 2.12. The van der Waals surface area contributed by atoms with E-state index in [-0.39, 0.29) is 6.54 Å². The highest BCUT2D eigenvalue weighted by atomic mass is 32.1. The van der Waals surface area contributed by atoms with Crippen LogP contribution < -0.4 is 10.6 Å². The summed E-state index contributed by atoms with van der Waals surface area (Å²) in [4.78, 5) is 15.3. The summed E-state index contributed by atoms with van der Waals surface area (Å²) in [6.45, 7) is 0.0741. The van der Waals surface area contributed by atoms with Crippen molar-refractivity contribution in [1.82, 2.24) is 10.3 Å². The number of aliphatic hydroxyl groups excluding tert-OH is 1. The monoisotopic (exact) mass is 253 g/mol. The minimum atomic E-state index is -0.855. The molecule has 3 N–H and O–H groups in total. The minimum absolute atomic E-state index is 0.0741. The SMILES string of the molecule is O=C(NCC(O)c1ccco1)Nc1nccs1. The average Bonchev–Trinajstić information content (AvgIpc) is 2.97. The Labute approximate surface area is 101 Å². The molecule has 0 fully saturated rings. The summed E-state index contributed by atoms with van der Waals surface area (Å²) in [6.07, 6.45) is 2.21. The molecule has 0 radical (unpaired) electrons. The summed E-state index contributed by atoms with van der Waals surface area (Å²) in [5, 5.41) is 17.0. The first-order valence-corrected chi connectivity index (χ1v) is 5.79. The van der Waals surface area contributed by atoms with E-state index in [1.165, 1.54) is 17.6 Å². The summed E-state index contributed by atoms with van der Waals surface area (Å²) in [5.41, 5.74) is 0. The third-order valence-corrected chi connectivity index (χ3v) is 2.67. The second-order valence-electron chi connectivity index (χ2n) is 3.20. The van der Waals surface area contributed by atoms with E-state index in [0.717, 1.165) is 0 Å². The van der Waals surface area contributed by atoms with Crippen molar-refractivity contribution in [2.75, 3.05) is 11.9 Å². The maximum absolute atomic E-state index is 11.4. The number of nitrogens with zero attached hydrogens (tertiary/aromatic N) is 1. The Hall–Kier alpha value is -1.86. The van der Waals surface area contributed by atoms with E-state index >= 15 is 0 Å². The van der Waals surface area contributed by atoms with E-state index in [1.807, 2.05) is 0 Å². The van der Waals surface area contributed by atoms with Gasteiger partial charge in [-0.05, 0) is 12.1 Å². The van der Waals surface area contributed by atoms with Crippen molar-refractivity contribution in [1.29, 1.82) is 0 Å². The van der Waals surface area contributed by atoms with Gasteiger partial charge in [0.2, 0.25) is 0 Å². The van der Waals surface area contributed by atoms with Crippen LogP contribution in [-0.2, 0) is 0 Å². The fourth-order valence-electron chi connectivity index (χ4n) is 1.20. The second kappa shape index (κ2) is 5.46. The number of hydrogen-bond acceptors (Lipinski definition) is 5. The van der Waals surface area contributed by atoms with Crippen molar-refractivity contribution < 1.29 is 14.3 Å². The second-order valence-corrected chi connectivity index (χ2v) is 4.10. The molecular formula is C10H11N3O3S. The average molecular weight is 253 g/mol. The van der Waals surface area contributed by atoms with Gasteiger partial charge in [-0.2, -0.15) is 0 Å². The third-order valence-electron chi connectivity index (χ3n) is 1.98. The molecule has 0 aliphatic carbocycles. The van der Waals surface area contributed by atoms with Crippen molar-refractivity contribution in [2.45, 2.75) is 6.10 Å². The molecule has 0 aliphatic heterocycles. The molecule has 1 atom stereocenters. The molecule has 7 heteroatoms. The lowest BCUT2D eigenvalue weighted by atomic mass is 10.3. The van der Waals surface area contributed by atoms with Crippen LogP contribution in [0.1, 0.15) is 11.9 Å². The van der Waals surface area contributed by atoms with Crippen molar-refractivity contribution in [3.05, 3.63) is 35.7 Å². The third kappa shape index (κ3) is 3.30. The van der Waals surface area contributed by atoms with Gasteiger partial charge in [-0.25, -0.2) is 9.78 Å². The van der Waals surface area contributed by atoms with Gasteiger partial charge in [0.15, 0.2) is 5.13 Å². The number of aliphatic hydroxyl groups is 1. The number of thiazole rings is 1. The molecule has 90 valence electrons. The van der Waals surface area contributed by atoms with Gasteiger partial charge in [-0.3, -0.25) is 5.32 Å². The van der Waals surface area contributed by atoms with E-state index in [9.17, 15) is 9.90 Å². The van der Waals surface area contributed by atoms with Crippen LogP contribution in [0.3, 0.4) is 0 Å². The predicted molar refractivity (Wildman–Crippen MR) is 62.8 cm³/mol. The zero-order valence-electron chi connectivity index (χ0n) is 8.79. The number of aromatic nitrogens is 1. The Morgan fingerprint density at radius 3 is 3.18 bits per heavy atom. The highest BCUT2D eigenvalue weighted by molar-refractivity contribution is 7.13. The Kier molecular flexibility index (Phi) is 3.73.